The van der Waals surface area contributed by atoms with Gasteiger partial charge in [0.05, 0.1) is 17.8 Å². The van der Waals surface area contributed by atoms with Gasteiger partial charge in [-0.1, -0.05) is 11.6 Å². The molecule has 2 unspecified atom stereocenters. The van der Waals surface area contributed by atoms with Gasteiger partial charge in [-0.05, 0) is 33.1 Å². The second-order valence-corrected chi connectivity index (χ2v) is 8.85. The third-order valence-corrected chi connectivity index (χ3v) is 6.52. The van der Waals surface area contributed by atoms with E-state index in [1.54, 1.807) is 13.3 Å². The van der Waals surface area contributed by atoms with Gasteiger partial charge >= 0.3 is 0 Å². The molecule has 1 saturated heterocycles. The second kappa shape index (κ2) is 4.90. The van der Waals surface area contributed by atoms with Crippen LogP contribution < -0.4 is 0 Å². The number of ketones is 1. The topological polar surface area (TPSA) is 79.1 Å². The Balaban J connectivity index is 1.67. The van der Waals surface area contributed by atoms with Crippen molar-refractivity contribution in [3.8, 4) is 0 Å². The van der Waals surface area contributed by atoms with Gasteiger partial charge in [-0.15, -0.1) is 0 Å². The highest BCUT2D eigenvalue weighted by atomic mass is 127. The van der Waals surface area contributed by atoms with Crippen molar-refractivity contribution >= 4 is 51.1 Å². The number of aromatic nitrogens is 4. The van der Waals surface area contributed by atoms with Crippen molar-refractivity contribution in [1.29, 1.82) is 0 Å². The number of hydrogen-bond acceptors (Lipinski definition) is 6. The molecular weight excluding hydrogens is 459 g/mol. The van der Waals surface area contributed by atoms with Crippen molar-refractivity contribution < 1.29 is 14.3 Å². The fraction of sp³-hybridized carbons (Fsp3) is 0.625. The van der Waals surface area contributed by atoms with E-state index in [0.717, 1.165) is 6.42 Å². The molecule has 2 aromatic rings. The predicted octanol–water partition coefficient (Wildman–Crippen LogP) is 2.75. The Kier molecular flexibility index (Phi) is 3.21. The highest BCUT2D eigenvalue weighted by Gasteiger charge is 2.78. The molecule has 7 nitrogen and oxygen atoms in total. The molecule has 2 saturated carbocycles. The summed E-state index contributed by atoms with van der Waals surface area (Å²) in [7, 11) is 0. The SMILES string of the molecule is CC(=O)[C@@]12CC1[C@@H](n1cnc3c(Cl)nc(I)nc31)[C@@H]1OC(C)(C)OC12. The van der Waals surface area contributed by atoms with Crippen molar-refractivity contribution in [2.45, 2.75) is 51.2 Å². The molecule has 0 aromatic carbocycles. The van der Waals surface area contributed by atoms with Crippen molar-refractivity contribution in [2.24, 2.45) is 11.3 Å². The van der Waals surface area contributed by atoms with E-state index in [1.165, 1.54) is 0 Å². The highest BCUT2D eigenvalue weighted by Crippen LogP contribution is 2.71. The van der Waals surface area contributed by atoms with Crippen LogP contribution in [0.3, 0.4) is 0 Å². The van der Waals surface area contributed by atoms with Crippen LogP contribution in [0.5, 0.6) is 0 Å². The van der Waals surface area contributed by atoms with E-state index in [0.29, 0.717) is 20.1 Å². The lowest BCUT2D eigenvalue weighted by Crippen LogP contribution is -2.34. The largest absolute Gasteiger partial charge is 0.343 e. The average molecular weight is 475 g/mol. The Labute approximate surface area is 162 Å². The molecule has 2 aromatic heterocycles. The van der Waals surface area contributed by atoms with Gasteiger partial charge in [0.2, 0.25) is 0 Å². The maximum Gasteiger partial charge on any atom is 0.194 e. The quantitative estimate of drug-likeness (QED) is 0.378. The fourth-order valence-electron chi connectivity index (χ4n) is 4.76. The zero-order valence-electron chi connectivity index (χ0n) is 13.9. The van der Waals surface area contributed by atoms with Gasteiger partial charge in [0.15, 0.2) is 20.4 Å². The van der Waals surface area contributed by atoms with Gasteiger partial charge in [0.25, 0.3) is 0 Å². The molecule has 3 aliphatic rings. The summed E-state index contributed by atoms with van der Waals surface area (Å²) in [6, 6.07) is -0.0533. The summed E-state index contributed by atoms with van der Waals surface area (Å²) in [5.74, 6) is -0.371. The normalized spacial score (nSPS) is 38.0. The number of carbonyl (C=O) groups is 1. The summed E-state index contributed by atoms with van der Waals surface area (Å²) in [6.45, 7) is 5.44. The van der Waals surface area contributed by atoms with Crippen molar-refractivity contribution in [2.75, 3.05) is 0 Å². The van der Waals surface area contributed by atoms with Gasteiger partial charge in [-0.25, -0.2) is 15.0 Å². The molecule has 25 heavy (non-hydrogen) atoms. The third kappa shape index (κ3) is 2.05. The van der Waals surface area contributed by atoms with Gasteiger partial charge in [0.1, 0.15) is 23.5 Å². The van der Waals surface area contributed by atoms with Crippen LogP contribution in [-0.2, 0) is 14.3 Å². The van der Waals surface area contributed by atoms with E-state index in [2.05, 4.69) is 15.0 Å². The van der Waals surface area contributed by atoms with E-state index in [4.69, 9.17) is 21.1 Å². The van der Waals surface area contributed by atoms with E-state index in [1.807, 2.05) is 41.0 Å². The summed E-state index contributed by atoms with van der Waals surface area (Å²) < 4.78 is 14.9. The number of nitrogens with zero attached hydrogens (tertiary/aromatic N) is 4. The summed E-state index contributed by atoms with van der Waals surface area (Å²) in [6.07, 6.45) is 2.10. The number of fused-ring (bicyclic) bond motifs is 4. The number of rotatable bonds is 2. The maximum absolute atomic E-state index is 12.4. The molecule has 3 heterocycles. The lowest BCUT2D eigenvalue weighted by molar-refractivity contribution is -0.163. The Morgan fingerprint density at radius 3 is 2.88 bits per heavy atom. The first kappa shape index (κ1) is 16.3. The molecule has 2 aliphatic carbocycles. The van der Waals surface area contributed by atoms with Crippen LogP contribution >= 0.6 is 34.2 Å². The molecule has 0 radical (unpaired) electrons. The van der Waals surface area contributed by atoms with Crippen molar-refractivity contribution in [3.63, 3.8) is 0 Å². The van der Waals surface area contributed by atoms with Crippen LogP contribution in [0.15, 0.2) is 6.33 Å². The summed E-state index contributed by atoms with van der Waals surface area (Å²) in [4.78, 5) is 25.5. The summed E-state index contributed by atoms with van der Waals surface area (Å²) >= 11 is 8.26. The summed E-state index contributed by atoms with van der Waals surface area (Å²) in [5, 5.41) is 0.334. The van der Waals surface area contributed by atoms with Crippen LogP contribution in [0.2, 0.25) is 5.15 Å². The number of carbonyl (C=O) groups excluding carboxylic acids is 1. The zero-order valence-corrected chi connectivity index (χ0v) is 16.8. The molecule has 1 aliphatic heterocycles. The Morgan fingerprint density at radius 1 is 1.40 bits per heavy atom. The van der Waals surface area contributed by atoms with E-state index >= 15 is 0 Å². The number of Topliss-reactive ketones (excluding diaryl/α,β-unsaturated/α-hetero) is 1. The van der Waals surface area contributed by atoms with Gasteiger partial charge in [0, 0.05) is 22.6 Å². The second-order valence-electron chi connectivity index (χ2n) is 7.53. The van der Waals surface area contributed by atoms with Crippen molar-refractivity contribution in [1.82, 2.24) is 19.5 Å². The number of hydrogen-bond donors (Lipinski definition) is 0. The number of ether oxygens (including phenoxy) is 2. The minimum atomic E-state index is -0.707. The lowest BCUT2D eigenvalue weighted by Gasteiger charge is -2.24. The summed E-state index contributed by atoms with van der Waals surface area (Å²) in [5.41, 5.74) is 0.787. The molecule has 0 spiro atoms. The molecular formula is C16H16ClIN4O3. The van der Waals surface area contributed by atoms with E-state index < -0.39 is 11.2 Å². The first-order valence-electron chi connectivity index (χ1n) is 8.17. The minimum absolute atomic E-state index is 0.0533. The highest BCUT2D eigenvalue weighted by molar-refractivity contribution is 14.1. The van der Waals surface area contributed by atoms with Crippen LogP contribution in [0.4, 0.5) is 0 Å². The lowest BCUT2D eigenvalue weighted by atomic mass is 9.95. The monoisotopic (exact) mass is 474 g/mol. The molecule has 0 N–H and O–H groups in total. The fourth-order valence-corrected chi connectivity index (χ4v) is 5.58. The number of imidazole rings is 1. The first-order valence-corrected chi connectivity index (χ1v) is 9.62. The third-order valence-electron chi connectivity index (χ3n) is 5.77. The molecule has 5 atom stereocenters. The van der Waals surface area contributed by atoms with E-state index in [9.17, 15) is 4.79 Å². The molecule has 0 bridgehead atoms. The minimum Gasteiger partial charge on any atom is -0.343 e. The molecule has 132 valence electrons. The van der Waals surface area contributed by atoms with Crippen LogP contribution in [-0.4, -0.2) is 43.3 Å². The Morgan fingerprint density at radius 2 is 2.16 bits per heavy atom. The smallest absolute Gasteiger partial charge is 0.194 e. The maximum atomic E-state index is 12.4. The Bertz CT molecular complexity index is 931. The van der Waals surface area contributed by atoms with Gasteiger partial charge in [-0.3, -0.25) is 4.79 Å². The van der Waals surface area contributed by atoms with E-state index in [-0.39, 0.29) is 30.0 Å². The van der Waals surface area contributed by atoms with Gasteiger partial charge in [-0.2, -0.15) is 0 Å². The Hall–Kier alpha value is -0.840. The predicted molar refractivity (Wildman–Crippen MR) is 97.1 cm³/mol. The standard InChI is InChI=1S/C16H16ClIN4O3/c1-6(23)16-4-7(16)9(10-11(16)25-15(2,3)24-10)22-5-19-8-12(17)20-14(18)21-13(8)22/h5,7,9-11H,4H2,1-3H3/t7?,9-,10+,11?,16+/m1/s1. The van der Waals surface area contributed by atoms with Crippen molar-refractivity contribution in [3.05, 3.63) is 15.3 Å². The molecule has 0 amide bonds. The van der Waals surface area contributed by atoms with Crippen LogP contribution in [0, 0.1) is 15.2 Å². The average Bonchev–Trinajstić information content (AvgIpc) is 2.83. The molecule has 3 fully saturated rings. The van der Waals surface area contributed by atoms with Gasteiger partial charge < -0.3 is 14.0 Å². The van der Waals surface area contributed by atoms with Crippen LogP contribution in [0.1, 0.15) is 33.2 Å². The first-order chi connectivity index (χ1) is 11.7. The van der Waals surface area contributed by atoms with Crippen LogP contribution in [0.25, 0.3) is 11.2 Å². The number of halogens is 2. The molecule has 9 heteroatoms. The molecule has 5 rings (SSSR count). The zero-order chi connectivity index (χ0) is 17.7.